The third-order valence-electron chi connectivity index (χ3n) is 7.07. The average molecular weight is 404 g/mol. The topological polar surface area (TPSA) is 58.5 Å². The van der Waals surface area contributed by atoms with Gasteiger partial charge in [0.2, 0.25) is 5.88 Å². The van der Waals surface area contributed by atoms with Gasteiger partial charge < -0.3 is 14.7 Å². The van der Waals surface area contributed by atoms with Gasteiger partial charge in [0.25, 0.3) is 0 Å². The second-order valence-corrected chi connectivity index (χ2v) is 9.99. The number of fused-ring (bicyclic) bond motifs is 3. The molecule has 2 aromatic heterocycles. The van der Waals surface area contributed by atoms with Gasteiger partial charge in [-0.25, -0.2) is 9.97 Å². The Morgan fingerprint density at radius 1 is 1.29 bits per heavy atom. The summed E-state index contributed by atoms with van der Waals surface area (Å²) in [6.45, 7) is 4.18. The lowest BCUT2D eigenvalue weighted by Crippen LogP contribution is -2.48. The molecule has 0 aromatic carbocycles. The van der Waals surface area contributed by atoms with Gasteiger partial charge in [0.05, 0.1) is 11.5 Å². The van der Waals surface area contributed by atoms with E-state index in [4.69, 9.17) is 4.74 Å². The first-order valence-electron chi connectivity index (χ1n) is 10.7. The van der Waals surface area contributed by atoms with E-state index < -0.39 is 0 Å². The molecule has 5 nitrogen and oxygen atoms in total. The van der Waals surface area contributed by atoms with Crippen LogP contribution in [-0.2, 0) is 6.42 Å². The van der Waals surface area contributed by atoms with Crippen LogP contribution in [0.4, 0.5) is 0 Å². The highest BCUT2D eigenvalue weighted by atomic mass is 32.1. The number of thiophene rings is 1. The second-order valence-electron chi connectivity index (χ2n) is 8.91. The number of rotatable bonds is 6. The molecule has 28 heavy (non-hydrogen) atoms. The maximum Gasteiger partial charge on any atom is 0.225 e. The molecule has 0 spiro atoms. The number of aryl methyl sites for hydroxylation is 1. The smallest absolute Gasteiger partial charge is 0.225 e. The van der Waals surface area contributed by atoms with Crippen molar-refractivity contribution >= 4 is 21.6 Å². The van der Waals surface area contributed by atoms with Crippen LogP contribution < -0.4 is 4.74 Å². The van der Waals surface area contributed by atoms with Crippen molar-refractivity contribution in [2.24, 2.45) is 0 Å². The Bertz CT molecular complexity index is 825. The third-order valence-corrected chi connectivity index (χ3v) is 8.24. The highest BCUT2D eigenvalue weighted by molar-refractivity contribution is 7.19. The molecule has 4 rings (SSSR count). The second kappa shape index (κ2) is 7.88. The fourth-order valence-corrected chi connectivity index (χ4v) is 6.53. The van der Waals surface area contributed by atoms with Crippen LogP contribution >= 0.6 is 11.3 Å². The Kier molecular flexibility index (Phi) is 5.64. The number of nitrogens with zero attached hydrogens (tertiary/aromatic N) is 3. The number of aliphatic hydroxyl groups is 1. The molecule has 1 fully saturated rings. The van der Waals surface area contributed by atoms with Crippen LogP contribution in [0.3, 0.4) is 0 Å². The number of hydrogen-bond donors (Lipinski definition) is 1. The molecule has 2 aliphatic rings. The summed E-state index contributed by atoms with van der Waals surface area (Å²) in [5, 5.41) is 11.0. The number of aromatic nitrogens is 2. The first kappa shape index (κ1) is 20.0. The maximum absolute atomic E-state index is 9.93. The molecule has 0 radical (unpaired) electrons. The zero-order valence-electron chi connectivity index (χ0n) is 17.6. The minimum atomic E-state index is -0.286. The van der Waals surface area contributed by atoms with Crippen LogP contribution in [0.25, 0.3) is 10.2 Å². The molecule has 1 saturated carbocycles. The van der Waals surface area contributed by atoms with E-state index in [0.717, 1.165) is 48.2 Å². The fourth-order valence-electron chi connectivity index (χ4n) is 5.30. The Morgan fingerprint density at radius 3 is 2.68 bits per heavy atom. The summed E-state index contributed by atoms with van der Waals surface area (Å²) in [5.41, 5.74) is 1.66. The molecule has 2 atom stereocenters. The average Bonchev–Trinajstić information content (AvgIpc) is 3.22. The van der Waals surface area contributed by atoms with E-state index in [1.165, 1.54) is 29.7 Å². The van der Waals surface area contributed by atoms with Crippen molar-refractivity contribution in [1.29, 1.82) is 0 Å². The Balaban J connectivity index is 1.57. The highest BCUT2D eigenvalue weighted by Crippen LogP contribution is 2.48. The zero-order chi connectivity index (χ0) is 19.9. The quantitative estimate of drug-likeness (QED) is 0.768. The van der Waals surface area contributed by atoms with Crippen LogP contribution in [0.1, 0.15) is 75.2 Å². The highest BCUT2D eigenvalue weighted by Gasteiger charge is 2.37. The van der Waals surface area contributed by atoms with Crippen LogP contribution in [0.2, 0.25) is 0 Å². The molecule has 0 saturated heterocycles. The molecular weight excluding hydrogens is 370 g/mol. The molecule has 0 unspecified atom stereocenters. The van der Waals surface area contributed by atoms with Gasteiger partial charge in [0.15, 0.2) is 0 Å². The zero-order valence-corrected chi connectivity index (χ0v) is 18.4. The van der Waals surface area contributed by atoms with E-state index >= 15 is 0 Å². The number of hydrogen-bond acceptors (Lipinski definition) is 6. The van der Waals surface area contributed by atoms with Gasteiger partial charge in [-0.2, -0.15) is 0 Å². The van der Waals surface area contributed by atoms with Crippen molar-refractivity contribution in [3.05, 3.63) is 16.8 Å². The summed E-state index contributed by atoms with van der Waals surface area (Å²) < 4.78 is 6.50. The Hall–Kier alpha value is -1.24. The molecule has 2 aliphatic carbocycles. The van der Waals surface area contributed by atoms with E-state index in [1.807, 2.05) is 6.92 Å². The molecule has 6 heteroatoms. The predicted molar refractivity (Wildman–Crippen MR) is 114 cm³/mol. The van der Waals surface area contributed by atoms with Gasteiger partial charge in [-0.05, 0) is 83.9 Å². The van der Waals surface area contributed by atoms with E-state index in [9.17, 15) is 5.11 Å². The summed E-state index contributed by atoms with van der Waals surface area (Å²) in [4.78, 5) is 13.9. The van der Waals surface area contributed by atoms with Crippen molar-refractivity contribution in [3.8, 4) is 5.88 Å². The summed E-state index contributed by atoms with van der Waals surface area (Å²) in [6, 6.07) is 0. The van der Waals surface area contributed by atoms with Crippen LogP contribution in [0, 0.1) is 0 Å². The fraction of sp³-hybridized carbons (Fsp3) is 0.727. The monoisotopic (exact) mass is 403 g/mol. The Morgan fingerprint density at radius 2 is 2.04 bits per heavy atom. The maximum atomic E-state index is 9.93. The largest absolute Gasteiger partial charge is 0.474 e. The van der Waals surface area contributed by atoms with E-state index in [-0.39, 0.29) is 12.2 Å². The molecule has 2 heterocycles. The number of ether oxygens (including phenoxy) is 1. The molecule has 154 valence electrons. The first-order chi connectivity index (χ1) is 13.4. The molecular formula is C22H33N3O2S. The van der Waals surface area contributed by atoms with Gasteiger partial charge >= 0.3 is 0 Å². The lowest BCUT2D eigenvalue weighted by Gasteiger charge is -2.44. The van der Waals surface area contributed by atoms with Gasteiger partial charge in [-0.15, -0.1) is 11.3 Å². The van der Waals surface area contributed by atoms with Crippen molar-refractivity contribution < 1.29 is 9.84 Å². The van der Waals surface area contributed by atoms with E-state index in [1.54, 1.807) is 17.7 Å². The van der Waals surface area contributed by atoms with Crippen molar-refractivity contribution in [2.75, 3.05) is 14.1 Å². The van der Waals surface area contributed by atoms with Gasteiger partial charge in [-0.3, -0.25) is 0 Å². The van der Waals surface area contributed by atoms with Gasteiger partial charge in [-0.1, -0.05) is 6.92 Å². The molecule has 1 N–H and O–H groups in total. The first-order valence-corrected chi connectivity index (χ1v) is 11.5. The lowest BCUT2D eigenvalue weighted by atomic mass is 9.77. The van der Waals surface area contributed by atoms with E-state index in [0.29, 0.717) is 11.5 Å². The lowest BCUT2D eigenvalue weighted by molar-refractivity contribution is 0.0402. The summed E-state index contributed by atoms with van der Waals surface area (Å²) in [7, 11) is 4.41. The van der Waals surface area contributed by atoms with Crippen LogP contribution in [0.5, 0.6) is 5.88 Å². The van der Waals surface area contributed by atoms with Crippen molar-refractivity contribution in [2.45, 2.75) is 88.9 Å². The summed E-state index contributed by atoms with van der Waals surface area (Å²) in [5.74, 6) is 1.16. The Labute approximate surface area is 172 Å². The summed E-state index contributed by atoms with van der Waals surface area (Å²) in [6.07, 6.45) is 10.2. The van der Waals surface area contributed by atoms with Crippen molar-refractivity contribution in [3.63, 3.8) is 0 Å². The SMILES string of the molecule is CCC1(N(C)C)CCC(Oc2ncnc3sc4c(c23)[C@@H](C[C@H](C)O)CC4)CC1. The molecule has 0 aliphatic heterocycles. The number of aliphatic hydroxyl groups excluding tert-OH is 1. The molecule has 0 bridgehead atoms. The van der Waals surface area contributed by atoms with Gasteiger partial charge in [0, 0.05) is 10.4 Å². The minimum Gasteiger partial charge on any atom is -0.474 e. The molecule has 0 amide bonds. The van der Waals surface area contributed by atoms with E-state index in [2.05, 4.69) is 35.9 Å². The summed E-state index contributed by atoms with van der Waals surface area (Å²) >= 11 is 1.78. The standard InChI is InChI=1S/C22H33N3O2S/c1-5-22(25(3)4)10-8-16(9-11-22)27-20-19-18-15(12-14(2)26)6-7-17(18)28-21(19)24-13-23-20/h13-16,26H,5-12H2,1-4H3/t14-,15+,16?,22?/m0/s1. The normalized spacial score (nSPS) is 28.6. The third kappa shape index (κ3) is 3.55. The van der Waals surface area contributed by atoms with Crippen LogP contribution in [0.15, 0.2) is 6.33 Å². The minimum absolute atomic E-state index is 0.227. The van der Waals surface area contributed by atoms with Gasteiger partial charge in [0.1, 0.15) is 17.3 Å². The molecule has 2 aromatic rings. The van der Waals surface area contributed by atoms with Crippen molar-refractivity contribution in [1.82, 2.24) is 14.9 Å². The van der Waals surface area contributed by atoms with Crippen LogP contribution in [-0.4, -0.2) is 51.8 Å². The predicted octanol–water partition coefficient (Wildman–Crippen LogP) is 4.52.